The van der Waals surface area contributed by atoms with E-state index in [0.29, 0.717) is 0 Å². The number of aromatic nitrogens is 3. The molecule has 1 saturated heterocycles. The molecule has 0 amide bonds. The second-order valence-electron chi connectivity index (χ2n) is 6.91. The van der Waals surface area contributed by atoms with E-state index in [1.165, 1.54) is 16.9 Å². The minimum absolute atomic E-state index is 0.198. The summed E-state index contributed by atoms with van der Waals surface area (Å²) in [6.07, 6.45) is 9.04. The summed E-state index contributed by atoms with van der Waals surface area (Å²) in [7, 11) is 4.15. The summed E-state index contributed by atoms with van der Waals surface area (Å²) < 4.78 is 0. The average Bonchev–Trinajstić information content (AvgIpc) is 2.74. The van der Waals surface area contributed by atoms with Gasteiger partial charge in [-0.2, -0.15) is 0 Å². The van der Waals surface area contributed by atoms with Crippen molar-refractivity contribution in [3.05, 3.63) is 72.9 Å². The van der Waals surface area contributed by atoms with Gasteiger partial charge in [-0.3, -0.25) is 9.97 Å². The number of pyridine rings is 1. The largest absolute Gasteiger partial charge is 0.378 e. The third kappa shape index (κ3) is 3.69. The summed E-state index contributed by atoms with van der Waals surface area (Å²) in [5.74, 6) is 0.923. The molecule has 0 spiro atoms. The van der Waals surface area contributed by atoms with Gasteiger partial charge in [-0.25, -0.2) is 4.98 Å². The molecule has 0 aliphatic carbocycles. The number of hydrogen-bond donors (Lipinski definition) is 0. The van der Waals surface area contributed by atoms with Crippen molar-refractivity contribution in [3.8, 4) is 0 Å². The molecule has 3 aromatic rings. The van der Waals surface area contributed by atoms with E-state index in [2.05, 4.69) is 80.1 Å². The van der Waals surface area contributed by atoms with Crippen molar-refractivity contribution in [2.45, 2.75) is 6.04 Å². The highest BCUT2D eigenvalue weighted by atomic mass is 15.3. The van der Waals surface area contributed by atoms with Crippen LogP contribution in [-0.2, 0) is 0 Å². The van der Waals surface area contributed by atoms with Crippen LogP contribution in [-0.4, -0.2) is 48.7 Å². The summed E-state index contributed by atoms with van der Waals surface area (Å²) in [6, 6.07) is 13.1. The van der Waals surface area contributed by atoms with Gasteiger partial charge < -0.3 is 14.7 Å². The Kier molecular flexibility index (Phi) is 4.87. The van der Waals surface area contributed by atoms with Crippen molar-refractivity contribution in [1.82, 2.24) is 15.0 Å². The van der Waals surface area contributed by atoms with E-state index in [1.807, 2.05) is 18.6 Å². The zero-order valence-corrected chi connectivity index (χ0v) is 15.7. The summed E-state index contributed by atoms with van der Waals surface area (Å²) in [6.45, 7) is 2.71. The van der Waals surface area contributed by atoms with Crippen LogP contribution in [0.4, 0.5) is 17.2 Å². The van der Waals surface area contributed by atoms with Crippen LogP contribution in [0.25, 0.3) is 0 Å². The van der Waals surface area contributed by atoms with Crippen molar-refractivity contribution < 1.29 is 0 Å². The zero-order chi connectivity index (χ0) is 18.6. The van der Waals surface area contributed by atoms with Gasteiger partial charge in [0.05, 0.1) is 12.2 Å². The number of piperazine rings is 1. The lowest BCUT2D eigenvalue weighted by molar-refractivity contribution is 0.533. The molecule has 1 aromatic carbocycles. The van der Waals surface area contributed by atoms with E-state index in [0.717, 1.165) is 25.5 Å². The molecule has 3 heterocycles. The first-order chi connectivity index (χ1) is 13.2. The zero-order valence-electron chi connectivity index (χ0n) is 15.7. The molecule has 0 bridgehead atoms. The first-order valence-corrected chi connectivity index (χ1v) is 9.17. The van der Waals surface area contributed by atoms with E-state index < -0.39 is 0 Å². The standard InChI is InChI=1S/C21H24N6/c1-25(2)19-5-3-4-17(14-19)20-16-26(18-6-8-22-9-7-18)12-13-27(20)21-15-23-10-11-24-21/h3-11,14-15,20H,12-13,16H2,1-2H3. The van der Waals surface area contributed by atoms with E-state index in [9.17, 15) is 0 Å². The van der Waals surface area contributed by atoms with Crippen LogP contribution in [0.2, 0.25) is 0 Å². The van der Waals surface area contributed by atoms with Gasteiger partial charge in [-0.1, -0.05) is 12.1 Å². The van der Waals surface area contributed by atoms with Crippen molar-refractivity contribution in [2.24, 2.45) is 0 Å². The molecule has 1 aliphatic rings. The summed E-state index contributed by atoms with van der Waals surface area (Å²) in [5.41, 5.74) is 3.69. The fourth-order valence-electron chi connectivity index (χ4n) is 3.58. The number of benzene rings is 1. The van der Waals surface area contributed by atoms with Crippen molar-refractivity contribution >= 4 is 17.2 Å². The Labute approximate surface area is 160 Å². The molecule has 1 fully saturated rings. The Balaban J connectivity index is 1.70. The SMILES string of the molecule is CN(C)c1cccc(C2CN(c3ccncc3)CCN2c2cnccn2)c1. The van der Waals surface area contributed by atoms with Crippen LogP contribution < -0.4 is 14.7 Å². The third-order valence-corrected chi connectivity index (χ3v) is 5.02. The van der Waals surface area contributed by atoms with E-state index in [4.69, 9.17) is 0 Å². The molecule has 4 rings (SSSR count). The van der Waals surface area contributed by atoms with Gasteiger partial charge in [0.1, 0.15) is 5.82 Å². The maximum Gasteiger partial charge on any atom is 0.147 e. The van der Waals surface area contributed by atoms with Crippen molar-refractivity contribution in [1.29, 1.82) is 0 Å². The van der Waals surface area contributed by atoms with E-state index in [1.54, 1.807) is 12.4 Å². The minimum Gasteiger partial charge on any atom is -0.378 e. The van der Waals surface area contributed by atoms with Crippen molar-refractivity contribution in [2.75, 3.05) is 48.4 Å². The predicted octanol–water partition coefficient (Wildman–Crippen LogP) is 3.01. The number of hydrogen-bond acceptors (Lipinski definition) is 6. The molecule has 1 atom stereocenters. The first kappa shape index (κ1) is 17.3. The lowest BCUT2D eigenvalue weighted by Gasteiger charge is -2.43. The molecule has 0 radical (unpaired) electrons. The van der Waals surface area contributed by atoms with Gasteiger partial charge in [0, 0.05) is 69.9 Å². The normalized spacial score (nSPS) is 17.0. The molecular formula is C21H24N6. The van der Waals surface area contributed by atoms with Gasteiger partial charge >= 0.3 is 0 Å². The van der Waals surface area contributed by atoms with Gasteiger partial charge in [0.15, 0.2) is 0 Å². The molecule has 1 unspecified atom stereocenters. The summed E-state index contributed by atoms with van der Waals surface area (Å²) in [5, 5.41) is 0. The highest BCUT2D eigenvalue weighted by Gasteiger charge is 2.29. The Morgan fingerprint density at radius 2 is 1.81 bits per heavy atom. The molecular weight excluding hydrogens is 336 g/mol. The smallest absolute Gasteiger partial charge is 0.147 e. The summed E-state index contributed by atoms with van der Waals surface area (Å²) >= 11 is 0. The predicted molar refractivity (Wildman–Crippen MR) is 109 cm³/mol. The molecule has 1 aliphatic heterocycles. The first-order valence-electron chi connectivity index (χ1n) is 9.17. The molecule has 0 saturated carbocycles. The van der Waals surface area contributed by atoms with Gasteiger partial charge in [-0.15, -0.1) is 0 Å². The molecule has 138 valence electrons. The van der Waals surface area contributed by atoms with Crippen LogP contribution in [0, 0.1) is 0 Å². The molecule has 6 nitrogen and oxygen atoms in total. The van der Waals surface area contributed by atoms with Crippen LogP contribution in [0.1, 0.15) is 11.6 Å². The van der Waals surface area contributed by atoms with E-state index in [-0.39, 0.29) is 6.04 Å². The van der Waals surface area contributed by atoms with Crippen LogP contribution >= 0.6 is 0 Å². The maximum absolute atomic E-state index is 4.56. The second kappa shape index (κ2) is 7.61. The molecule has 6 heteroatoms. The monoisotopic (exact) mass is 360 g/mol. The topological polar surface area (TPSA) is 48.4 Å². The van der Waals surface area contributed by atoms with Gasteiger partial charge in [-0.05, 0) is 29.8 Å². The molecule has 0 N–H and O–H groups in total. The minimum atomic E-state index is 0.198. The van der Waals surface area contributed by atoms with Crippen LogP contribution in [0.15, 0.2) is 67.4 Å². The van der Waals surface area contributed by atoms with Crippen molar-refractivity contribution in [3.63, 3.8) is 0 Å². The summed E-state index contributed by atoms with van der Waals surface area (Å²) in [4.78, 5) is 19.9. The Morgan fingerprint density at radius 3 is 2.56 bits per heavy atom. The lowest BCUT2D eigenvalue weighted by Crippen LogP contribution is -2.49. The Hall–Kier alpha value is -3.15. The fraction of sp³-hybridized carbons (Fsp3) is 0.286. The third-order valence-electron chi connectivity index (χ3n) is 5.02. The number of nitrogens with zero attached hydrogens (tertiary/aromatic N) is 6. The maximum atomic E-state index is 4.56. The Morgan fingerprint density at radius 1 is 0.963 bits per heavy atom. The highest BCUT2D eigenvalue weighted by molar-refractivity contribution is 5.54. The highest BCUT2D eigenvalue weighted by Crippen LogP contribution is 2.32. The number of anilines is 3. The fourth-order valence-corrected chi connectivity index (χ4v) is 3.58. The van der Waals surface area contributed by atoms with Crippen LogP contribution in [0.3, 0.4) is 0 Å². The Bertz CT molecular complexity index is 868. The molecule has 27 heavy (non-hydrogen) atoms. The number of rotatable bonds is 4. The van der Waals surface area contributed by atoms with E-state index >= 15 is 0 Å². The average molecular weight is 360 g/mol. The second-order valence-corrected chi connectivity index (χ2v) is 6.91. The van der Waals surface area contributed by atoms with Gasteiger partial charge in [0.2, 0.25) is 0 Å². The quantitative estimate of drug-likeness (QED) is 0.713. The van der Waals surface area contributed by atoms with Crippen LogP contribution in [0.5, 0.6) is 0 Å². The van der Waals surface area contributed by atoms with Gasteiger partial charge in [0.25, 0.3) is 0 Å². The lowest BCUT2D eigenvalue weighted by atomic mass is 10.0. The molecule has 2 aromatic heterocycles.